The van der Waals surface area contributed by atoms with Crippen molar-refractivity contribution in [1.82, 2.24) is 10.6 Å². The van der Waals surface area contributed by atoms with Crippen LogP contribution < -0.4 is 10.6 Å². The van der Waals surface area contributed by atoms with Gasteiger partial charge in [0.05, 0.1) is 6.04 Å². The Hall–Kier alpha value is -2.04. The van der Waals surface area contributed by atoms with Gasteiger partial charge in [-0.05, 0) is 44.2 Å². The minimum Gasteiger partial charge on any atom is -0.444 e. The second kappa shape index (κ2) is 8.37. The first-order valence-corrected chi connectivity index (χ1v) is 8.75. The van der Waals surface area contributed by atoms with Gasteiger partial charge in [0.25, 0.3) is 0 Å². The van der Waals surface area contributed by atoms with Gasteiger partial charge in [-0.3, -0.25) is 4.79 Å². The first kappa shape index (κ1) is 21.0. The van der Waals surface area contributed by atoms with Crippen LogP contribution in [-0.2, 0) is 14.9 Å². The molecule has 140 valence electrons. The normalized spacial score (nSPS) is 13.1. The lowest BCUT2D eigenvalue weighted by Gasteiger charge is -2.21. The molecule has 5 heteroatoms. The highest BCUT2D eigenvalue weighted by Crippen LogP contribution is 2.23. The Kier molecular flexibility index (Phi) is 7.03. The Morgan fingerprint density at radius 1 is 1.04 bits per heavy atom. The Morgan fingerprint density at radius 2 is 1.60 bits per heavy atom. The molecule has 5 nitrogen and oxygen atoms in total. The molecule has 2 N–H and O–H groups in total. The van der Waals surface area contributed by atoms with Crippen molar-refractivity contribution < 1.29 is 14.3 Å². The summed E-state index contributed by atoms with van der Waals surface area (Å²) in [5.74, 6) is -0.108. The quantitative estimate of drug-likeness (QED) is 0.842. The number of alkyl carbamates (subject to hydrolysis) is 1. The Morgan fingerprint density at radius 3 is 2.08 bits per heavy atom. The van der Waals surface area contributed by atoms with E-state index in [9.17, 15) is 9.59 Å². The summed E-state index contributed by atoms with van der Waals surface area (Å²) in [5, 5.41) is 5.53. The zero-order valence-corrected chi connectivity index (χ0v) is 16.5. The minimum atomic E-state index is -0.542. The molecular weight excluding hydrogens is 316 g/mol. The number of hydrogen-bond donors (Lipinski definition) is 2. The first-order valence-electron chi connectivity index (χ1n) is 8.75. The summed E-state index contributed by atoms with van der Waals surface area (Å²) >= 11 is 0. The third-order valence-corrected chi connectivity index (χ3v) is 3.67. The second-order valence-electron chi connectivity index (χ2n) is 8.34. The van der Waals surface area contributed by atoms with Crippen molar-refractivity contribution in [3.8, 4) is 0 Å². The van der Waals surface area contributed by atoms with Crippen molar-refractivity contribution in [2.45, 2.75) is 71.9 Å². The molecule has 1 atom stereocenters. The van der Waals surface area contributed by atoms with Crippen LogP contribution in [0, 0.1) is 0 Å². The Balaban J connectivity index is 2.43. The van der Waals surface area contributed by atoms with E-state index in [1.54, 1.807) is 20.8 Å². The summed E-state index contributed by atoms with van der Waals surface area (Å²) in [6, 6.07) is 8.21. The molecule has 0 aliphatic rings. The maximum absolute atomic E-state index is 12.0. The molecule has 0 radical (unpaired) electrons. The van der Waals surface area contributed by atoms with Gasteiger partial charge in [0.1, 0.15) is 5.60 Å². The number of benzene rings is 1. The zero-order chi connectivity index (χ0) is 19.3. The van der Waals surface area contributed by atoms with Crippen molar-refractivity contribution in [2.75, 3.05) is 6.54 Å². The van der Waals surface area contributed by atoms with Gasteiger partial charge in [0, 0.05) is 13.0 Å². The predicted octanol–water partition coefficient (Wildman–Crippen LogP) is 4.08. The van der Waals surface area contributed by atoms with Crippen LogP contribution in [0.5, 0.6) is 0 Å². The SMILES string of the molecule is CC(NC(=O)CCNC(=O)OC(C)(C)C)c1ccc(C(C)(C)C)cc1. The van der Waals surface area contributed by atoms with Crippen molar-refractivity contribution in [3.63, 3.8) is 0 Å². The molecule has 25 heavy (non-hydrogen) atoms. The van der Waals surface area contributed by atoms with E-state index in [0.29, 0.717) is 0 Å². The molecule has 0 saturated heterocycles. The standard InChI is InChI=1S/C20H32N2O3/c1-14(15-8-10-16(11-9-15)19(2,3)4)22-17(23)12-13-21-18(24)25-20(5,6)7/h8-11,14H,12-13H2,1-7H3,(H,21,24)(H,22,23). The monoisotopic (exact) mass is 348 g/mol. The number of carbonyl (C=O) groups is 2. The van der Waals surface area contributed by atoms with Gasteiger partial charge in [0.2, 0.25) is 5.91 Å². The van der Waals surface area contributed by atoms with Crippen LogP contribution in [0.2, 0.25) is 0 Å². The average Bonchev–Trinajstić information content (AvgIpc) is 2.44. The van der Waals surface area contributed by atoms with Crippen molar-refractivity contribution in [1.29, 1.82) is 0 Å². The lowest BCUT2D eigenvalue weighted by Crippen LogP contribution is -2.35. The molecular formula is C20H32N2O3. The smallest absolute Gasteiger partial charge is 0.407 e. The number of ether oxygens (including phenoxy) is 1. The summed E-state index contributed by atoms with van der Waals surface area (Å²) in [6.07, 6.45) is -0.296. The molecule has 0 aromatic heterocycles. The van der Waals surface area contributed by atoms with E-state index in [0.717, 1.165) is 5.56 Å². The van der Waals surface area contributed by atoms with Gasteiger partial charge < -0.3 is 15.4 Å². The molecule has 0 heterocycles. The summed E-state index contributed by atoms with van der Waals surface area (Å²) in [5.41, 5.74) is 1.89. The average molecular weight is 348 g/mol. The van der Waals surface area contributed by atoms with E-state index in [2.05, 4.69) is 43.5 Å². The number of amides is 2. The van der Waals surface area contributed by atoms with E-state index in [1.807, 2.05) is 19.1 Å². The first-order chi connectivity index (χ1) is 11.4. The van der Waals surface area contributed by atoms with Gasteiger partial charge in [0.15, 0.2) is 0 Å². The molecule has 1 aromatic rings. The third-order valence-electron chi connectivity index (χ3n) is 3.67. The number of nitrogens with one attached hydrogen (secondary N) is 2. The lowest BCUT2D eigenvalue weighted by molar-refractivity contribution is -0.121. The minimum absolute atomic E-state index is 0.0805. The molecule has 1 unspecified atom stereocenters. The molecule has 0 saturated carbocycles. The topological polar surface area (TPSA) is 67.4 Å². The second-order valence-corrected chi connectivity index (χ2v) is 8.34. The highest BCUT2D eigenvalue weighted by atomic mass is 16.6. The number of rotatable bonds is 5. The largest absolute Gasteiger partial charge is 0.444 e. The van der Waals surface area contributed by atoms with Gasteiger partial charge in [-0.25, -0.2) is 4.79 Å². The van der Waals surface area contributed by atoms with Crippen LogP contribution in [0.25, 0.3) is 0 Å². The highest BCUT2D eigenvalue weighted by molar-refractivity contribution is 5.77. The summed E-state index contributed by atoms with van der Waals surface area (Å²) in [4.78, 5) is 23.5. The predicted molar refractivity (Wildman–Crippen MR) is 101 cm³/mol. The fraction of sp³-hybridized carbons (Fsp3) is 0.600. The Labute approximate surface area is 151 Å². The fourth-order valence-electron chi connectivity index (χ4n) is 2.26. The molecule has 0 bridgehead atoms. The van der Waals surface area contributed by atoms with Gasteiger partial charge in [-0.15, -0.1) is 0 Å². The lowest BCUT2D eigenvalue weighted by atomic mass is 9.86. The third kappa shape index (κ3) is 8.05. The van der Waals surface area contributed by atoms with Crippen LogP contribution in [0.4, 0.5) is 4.79 Å². The summed E-state index contributed by atoms with van der Waals surface area (Å²) in [7, 11) is 0. The van der Waals surface area contributed by atoms with Crippen molar-refractivity contribution in [3.05, 3.63) is 35.4 Å². The van der Waals surface area contributed by atoms with Gasteiger partial charge in [-0.2, -0.15) is 0 Å². The molecule has 0 fully saturated rings. The van der Waals surface area contributed by atoms with Gasteiger partial charge in [-0.1, -0.05) is 45.0 Å². The summed E-state index contributed by atoms with van der Waals surface area (Å²) < 4.78 is 5.13. The Bertz CT molecular complexity index is 580. The molecule has 1 aromatic carbocycles. The molecule has 0 aliphatic carbocycles. The van der Waals surface area contributed by atoms with Crippen molar-refractivity contribution in [2.24, 2.45) is 0 Å². The van der Waals surface area contributed by atoms with E-state index < -0.39 is 11.7 Å². The van der Waals surface area contributed by atoms with E-state index in [1.165, 1.54) is 5.56 Å². The molecule has 2 amide bonds. The maximum Gasteiger partial charge on any atom is 0.407 e. The van der Waals surface area contributed by atoms with E-state index in [4.69, 9.17) is 4.74 Å². The molecule has 1 rings (SSSR count). The number of hydrogen-bond acceptors (Lipinski definition) is 3. The highest BCUT2D eigenvalue weighted by Gasteiger charge is 2.17. The van der Waals surface area contributed by atoms with Crippen LogP contribution >= 0.6 is 0 Å². The van der Waals surface area contributed by atoms with Crippen LogP contribution in [0.3, 0.4) is 0 Å². The van der Waals surface area contributed by atoms with Crippen molar-refractivity contribution >= 4 is 12.0 Å². The number of carbonyl (C=O) groups excluding carboxylic acids is 2. The summed E-state index contributed by atoms with van der Waals surface area (Å²) in [6.45, 7) is 14.1. The molecule has 0 aliphatic heterocycles. The maximum atomic E-state index is 12.0. The van der Waals surface area contributed by atoms with Crippen LogP contribution in [0.1, 0.15) is 72.1 Å². The molecule has 0 spiro atoms. The van der Waals surface area contributed by atoms with Gasteiger partial charge >= 0.3 is 6.09 Å². The van der Waals surface area contributed by atoms with E-state index >= 15 is 0 Å². The fourth-order valence-corrected chi connectivity index (χ4v) is 2.26. The van der Waals surface area contributed by atoms with Crippen LogP contribution in [-0.4, -0.2) is 24.1 Å². The zero-order valence-electron chi connectivity index (χ0n) is 16.5. The van der Waals surface area contributed by atoms with E-state index in [-0.39, 0.29) is 30.3 Å². The van der Waals surface area contributed by atoms with Crippen LogP contribution in [0.15, 0.2) is 24.3 Å².